The van der Waals surface area contributed by atoms with Gasteiger partial charge < -0.3 is 14.5 Å². The molecule has 1 rings (SSSR count). The third kappa shape index (κ3) is 5.30. The van der Waals surface area contributed by atoms with Gasteiger partial charge in [-0.25, -0.2) is 4.79 Å². The Morgan fingerprint density at radius 1 is 1.47 bits per heavy atom. The Bertz CT molecular complexity index is 432. The van der Waals surface area contributed by atoms with Gasteiger partial charge in [0.25, 0.3) is 0 Å². The van der Waals surface area contributed by atoms with Gasteiger partial charge in [0.15, 0.2) is 0 Å². The quantitative estimate of drug-likeness (QED) is 0.770. The number of furan rings is 1. The summed E-state index contributed by atoms with van der Waals surface area (Å²) in [4.78, 5) is 11.3. The van der Waals surface area contributed by atoms with E-state index in [1.807, 2.05) is 6.08 Å². The highest BCUT2D eigenvalue weighted by molar-refractivity contribution is 5.86. The zero-order valence-corrected chi connectivity index (χ0v) is 12.2. The molecule has 4 heteroatoms. The van der Waals surface area contributed by atoms with Gasteiger partial charge in [-0.2, -0.15) is 0 Å². The molecule has 0 saturated carbocycles. The Kier molecular flexibility index (Phi) is 6.36. The zero-order valence-electron chi connectivity index (χ0n) is 12.2. The largest absolute Gasteiger partial charge is 0.463 e. The van der Waals surface area contributed by atoms with Gasteiger partial charge in [-0.15, -0.1) is 0 Å². The maximum atomic E-state index is 11.3. The van der Waals surface area contributed by atoms with Crippen LogP contribution in [0.3, 0.4) is 0 Å². The first-order valence-corrected chi connectivity index (χ1v) is 6.65. The van der Waals surface area contributed by atoms with Gasteiger partial charge >= 0.3 is 5.97 Å². The van der Waals surface area contributed by atoms with Gasteiger partial charge in [-0.3, -0.25) is 0 Å². The summed E-state index contributed by atoms with van der Waals surface area (Å²) in [5.41, 5.74) is 1.24. The third-order valence-electron chi connectivity index (χ3n) is 2.72. The number of esters is 1. The van der Waals surface area contributed by atoms with Crippen LogP contribution in [0.5, 0.6) is 0 Å². The SMILES string of the molecule is CCC(=Cc1ccc(C(=O)OC)o1)CNCC(C)C. The molecule has 0 aliphatic carbocycles. The van der Waals surface area contributed by atoms with Gasteiger partial charge in [-0.1, -0.05) is 26.3 Å². The molecule has 1 heterocycles. The van der Waals surface area contributed by atoms with Crippen LogP contribution in [0, 0.1) is 5.92 Å². The fraction of sp³-hybridized carbons (Fsp3) is 0.533. The summed E-state index contributed by atoms with van der Waals surface area (Å²) >= 11 is 0. The highest BCUT2D eigenvalue weighted by Crippen LogP contribution is 2.14. The topological polar surface area (TPSA) is 51.5 Å². The minimum atomic E-state index is -0.448. The predicted molar refractivity (Wildman–Crippen MR) is 76.0 cm³/mol. The van der Waals surface area contributed by atoms with Gasteiger partial charge in [0.1, 0.15) is 5.76 Å². The molecule has 0 spiro atoms. The molecule has 106 valence electrons. The van der Waals surface area contributed by atoms with E-state index in [0.29, 0.717) is 11.7 Å². The lowest BCUT2D eigenvalue weighted by Gasteiger charge is -2.08. The number of ether oxygens (including phenoxy) is 1. The van der Waals surface area contributed by atoms with Gasteiger partial charge in [-0.05, 0) is 37.1 Å². The Morgan fingerprint density at radius 3 is 2.79 bits per heavy atom. The highest BCUT2D eigenvalue weighted by atomic mass is 16.5. The first-order valence-electron chi connectivity index (χ1n) is 6.65. The van der Waals surface area contributed by atoms with Crippen molar-refractivity contribution in [2.45, 2.75) is 27.2 Å². The van der Waals surface area contributed by atoms with Crippen LogP contribution >= 0.6 is 0 Å². The first-order chi connectivity index (χ1) is 9.06. The summed E-state index contributed by atoms with van der Waals surface area (Å²) in [6.07, 6.45) is 2.92. The molecule has 19 heavy (non-hydrogen) atoms. The van der Waals surface area contributed by atoms with Crippen molar-refractivity contribution in [1.82, 2.24) is 5.32 Å². The molecule has 1 N–H and O–H groups in total. The molecule has 0 aliphatic heterocycles. The molecule has 0 bridgehead atoms. The van der Waals surface area contributed by atoms with Crippen molar-refractivity contribution < 1.29 is 13.9 Å². The Hall–Kier alpha value is -1.55. The summed E-state index contributed by atoms with van der Waals surface area (Å²) in [5, 5.41) is 3.40. The molecule has 1 aromatic rings. The molecular weight excluding hydrogens is 242 g/mol. The van der Waals surface area contributed by atoms with Crippen molar-refractivity contribution in [3.8, 4) is 0 Å². The van der Waals surface area contributed by atoms with E-state index in [1.165, 1.54) is 12.7 Å². The van der Waals surface area contributed by atoms with Crippen LogP contribution in [-0.2, 0) is 4.74 Å². The molecule has 0 atom stereocenters. The van der Waals surface area contributed by atoms with E-state index in [4.69, 9.17) is 4.42 Å². The lowest BCUT2D eigenvalue weighted by molar-refractivity contribution is 0.0564. The molecule has 0 aliphatic rings. The van der Waals surface area contributed by atoms with Crippen molar-refractivity contribution in [2.24, 2.45) is 5.92 Å². The smallest absolute Gasteiger partial charge is 0.373 e. The fourth-order valence-corrected chi connectivity index (χ4v) is 1.64. The van der Waals surface area contributed by atoms with Crippen molar-refractivity contribution in [3.63, 3.8) is 0 Å². The van der Waals surface area contributed by atoms with Crippen molar-refractivity contribution >= 4 is 12.0 Å². The number of carbonyl (C=O) groups is 1. The van der Waals surface area contributed by atoms with Crippen LogP contribution in [0.4, 0.5) is 0 Å². The average molecular weight is 265 g/mol. The van der Waals surface area contributed by atoms with Crippen LogP contribution in [0.1, 0.15) is 43.5 Å². The Morgan fingerprint density at radius 2 is 2.21 bits per heavy atom. The maximum absolute atomic E-state index is 11.3. The van der Waals surface area contributed by atoms with Crippen molar-refractivity contribution in [1.29, 1.82) is 0 Å². The Balaban J connectivity index is 2.64. The first kappa shape index (κ1) is 15.5. The van der Waals surface area contributed by atoms with Gasteiger partial charge in [0, 0.05) is 6.54 Å². The molecule has 1 aromatic heterocycles. The van der Waals surface area contributed by atoms with Crippen molar-refractivity contribution in [2.75, 3.05) is 20.2 Å². The normalized spacial score (nSPS) is 11.9. The van der Waals surface area contributed by atoms with E-state index in [2.05, 4.69) is 30.8 Å². The lowest BCUT2D eigenvalue weighted by atomic mass is 10.1. The Labute approximate surface area is 114 Å². The second-order valence-corrected chi connectivity index (χ2v) is 4.87. The zero-order chi connectivity index (χ0) is 14.3. The number of carbonyl (C=O) groups excluding carboxylic acids is 1. The molecule has 0 saturated heterocycles. The molecule has 0 radical (unpaired) electrons. The molecule has 0 unspecified atom stereocenters. The van der Waals surface area contributed by atoms with Gasteiger partial charge in [0.2, 0.25) is 5.76 Å². The molecule has 4 nitrogen and oxygen atoms in total. The van der Waals surface area contributed by atoms with Crippen LogP contribution in [-0.4, -0.2) is 26.2 Å². The fourth-order valence-electron chi connectivity index (χ4n) is 1.64. The number of hydrogen-bond donors (Lipinski definition) is 1. The molecular formula is C15H23NO3. The van der Waals surface area contributed by atoms with Crippen LogP contribution < -0.4 is 5.32 Å². The van der Waals surface area contributed by atoms with E-state index in [-0.39, 0.29) is 5.76 Å². The minimum absolute atomic E-state index is 0.236. The molecule has 0 aromatic carbocycles. The van der Waals surface area contributed by atoms with Crippen molar-refractivity contribution in [3.05, 3.63) is 29.2 Å². The summed E-state index contributed by atoms with van der Waals surface area (Å²) in [5.74, 6) is 1.10. The van der Waals surface area contributed by atoms with E-state index < -0.39 is 5.97 Å². The second-order valence-electron chi connectivity index (χ2n) is 4.87. The van der Waals surface area contributed by atoms with E-state index in [1.54, 1.807) is 12.1 Å². The maximum Gasteiger partial charge on any atom is 0.373 e. The summed E-state index contributed by atoms with van der Waals surface area (Å²) < 4.78 is 10.0. The lowest BCUT2D eigenvalue weighted by Crippen LogP contribution is -2.21. The number of nitrogens with one attached hydrogen (secondary N) is 1. The standard InChI is InChI=1S/C15H23NO3/c1-5-12(10-16-9-11(2)3)8-13-6-7-14(19-13)15(17)18-4/h6-8,11,16H,5,9-10H2,1-4H3. The third-order valence-corrected chi connectivity index (χ3v) is 2.72. The monoisotopic (exact) mass is 265 g/mol. The predicted octanol–water partition coefficient (Wildman–Crippen LogP) is 3.11. The van der Waals surface area contributed by atoms with Crippen LogP contribution in [0.25, 0.3) is 6.08 Å². The number of hydrogen-bond acceptors (Lipinski definition) is 4. The van der Waals surface area contributed by atoms with E-state index in [0.717, 1.165) is 19.5 Å². The average Bonchev–Trinajstić information content (AvgIpc) is 2.84. The summed E-state index contributed by atoms with van der Waals surface area (Å²) in [6, 6.07) is 3.41. The number of rotatable bonds is 7. The minimum Gasteiger partial charge on any atom is -0.463 e. The summed E-state index contributed by atoms with van der Waals surface area (Å²) in [7, 11) is 1.34. The highest BCUT2D eigenvalue weighted by Gasteiger charge is 2.10. The summed E-state index contributed by atoms with van der Waals surface area (Å²) in [6.45, 7) is 8.29. The van der Waals surface area contributed by atoms with E-state index in [9.17, 15) is 4.79 Å². The van der Waals surface area contributed by atoms with Crippen LogP contribution in [0.2, 0.25) is 0 Å². The van der Waals surface area contributed by atoms with Crippen LogP contribution in [0.15, 0.2) is 22.1 Å². The number of methoxy groups -OCH3 is 1. The second kappa shape index (κ2) is 7.79. The molecule has 0 fully saturated rings. The molecule has 0 amide bonds. The van der Waals surface area contributed by atoms with Gasteiger partial charge in [0.05, 0.1) is 7.11 Å². The van der Waals surface area contributed by atoms with E-state index >= 15 is 0 Å².